The Hall–Kier alpha value is -2.24. The van der Waals surface area contributed by atoms with E-state index in [0.29, 0.717) is 21.9 Å². The van der Waals surface area contributed by atoms with Crippen molar-refractivity contribution in [3.05, 3.63) is 63.6 Å². The van der Waals surface area contributed by atoms with Crippen molar-refractivity contribution in [1.82, 2.24) is 10.6 Å². The Kier molecular flexibility index (Phi) is 6.46. The molecule has 0 aliphatic carbocycles. The summed E-state index contributed by atoms with van der Waals surface area (Å²) in [6.45, 7) is 0.556. The summed E-state index contributed by atoms with van der Waals surface area (Å²) in [5.74, 6) is 0.0355. The zero-order valence-electron chi connectivity index (χ0n) is 12.9. The van der Waals surface area contributed by atoms with Crippen LogP contribution in [0.15, 0.2) is 42.5 Å². The predicted octanol–water partition coefficient (Wildman–Crippen LogP) is 3.16. The average Bonchev–Trinajstić information content (AvgIpc) is 2.58. The third-order valence-electron chi connectivity index (χ3n) is 3.20. The van der Waals surface area contributed by atoms with E-state index in [-0.39, 0.29) is 29.9 Å². The maximum absolute atomic E-state index is 12.0. The van der Waals surface area contributed by atoms with Crippen molar-refractivity contribution in [1.29, 1.82) is 0 Å². The molecule has 2 rings (SSSR count). The van der Waals surface area contributed by atoms with Crippen LogP contribution in [0.5, 0.6) is 5.75 Å². The fraction of sp³-hybridized carbons (Fsp3) is 0.176. The highest BCUT2D eigenvalue weighted by Gasteiger charge is 2.10. The fourth-order valence-corrected chi connectivity index (χ4v) is 2.48. The van der Waals surface area contributed by atoms with Crippen molar-refractivity contribution < 1.29 is 14.3 Å². The van der Waals surface area contributed by atoms with Crippen LogP contribution in [0, 0.1) is 0 Å². The number of carbonyl (C=O) groups is 2. The molecule has 126 valence electrons. The van der Waals surface area contributed by atoms with Crippen molar-refractivity contribution in [2.45, 2.75) is 0 Å². The van der Waals surface area contributed by atoms with Gasteiger partial charge in [0.1, 0.15) is 5.75 Å². The smallest absolute Gasteiger partial charge is 0.252 e. The van der Waals surface area contributed by atoms with Crippen LogP contribution in [-0.2, 0) is 0 Å². The largest absolute Gasteiger partial charge is 0.497 e. The van der Waals surface area contributed by atoms with E-state index >= 15 is 0 Å². The fourth-order valence-electron chi connectivity index (χ4n) is 1.99. The summed E-state index contributed by atoms with van der Waals surface area (Å²) in [5, 5.41) is 6.14. The average molecular weight is 367 g/mol. The van der Waals surface area contributed by atoms with Gasteiger partial charge in [-0.15, -0.1) is 0 Å². The minimum atomic E-state index is -0.327. The van der Waals surface area contributed by atoms with Gasteiger partial charge in [-0.25, -0.2) is 0 Å². The van der Waals surface area contributed by atoms with Gasteiger partial charge < -0.3 is 15.4 Å². The molecule has 0 aliphatic heterocycles. The standard InChI is InChI=1S/C17H16Cl2N2O3/c1-24-13-4-2-3-11(9-13)16(22)20-7-8-21-17(23)14-6-5-12(18)10-15(14)19/h2-6,9-10H,7-8H2,1H3,(H,20,22)(H,21,23). The van der Waals surface area contributed by atoms with Gasteiger partial charge in [-0.05, 0) is 36.4 Å². The van der Waals surface area contributed by atoms with E-state index in [1.807, 2.05) is 0 Å². The number of hydrogen-bond donors (Lipinski definition) is 2. The summed E-state index contributed by atoms with van der Waals surface area (Å²) in [6.07, 6.45) is 0. The molecule has 2 aromatic rings. The van der Waals surface area contributed by atoms with Crippen LogP contribution in [-0.4, -0.2) is 32.0 Å². The summed E-state index contributed by atoms with van der Waals surface area (Å²) in [6, 6.07) is 11.5. The second-order valence-electron chi connectivity index (χ2n) is 4.87. The summed E-state index contributed by atoms with van der Waals surface area (Å²) in [7, 11) is 1.54. The van der Waals surface area contributed by atoms with Crippen LogP contribution in [0.3, 0.4) is 0 Å². The molecule has 0 unspecified atom stereocenters. The van der Waals surface area contributed by atoms with Crippen LogP contribution < -0.4 is 15.4 Å². The predicted molar refractivity (Wildman–Crippen MR) is 94.1 cm³/mol. The lowest BCUT2D eigenvalue weighted by molar-refractivity contribution is 0.0927. The quantitative estimate of drug-likeness (QED) is 0.771. The first-order valence-corrected chi connectivity index (χ1v) is 7.92. The molecule has 2 aromatic carbocycles. The van der Waals surface area contributed by atoms with Crippen LogP contribution in [0.2, 0.25) is 10.0 Å². The molecule has 2 amide bonds. The first-order chi connectivity index (χ1) is 11.5. The second kappa shape index (κ2) is 8.57. The van der Waals surface area contributed by atoms with Gasteiger partial charge in [-0.1, -0.05) is 29.3 Å². The van der Waals surface area contributed by atoms with Crippen molar-refractivity contribution in [2.24, 2.45) is 0 Å². The first kappa shape index (κ1) is 18.1. The number of amides is 2. The number of benzene rings is 2. The SMILES string of the molecule is COc1cccc(C(=O)NCCNC(=O)c2ccc(Cl)cc2Cl)c1. The van der Waals surface area contributed by atoms with Crippen LogP contribution >= 0.6 is 23.2 Å². The van der Waals surface area contributed by atoms with Gasteiger partial charge in [0.2, 0.25) is 0 Å². The molecule has 0 atom stereocenters. The third kappa shape index (κ3) is 4.88. The van der Waals surface area contributed by atoms with Gasteiger partial charge >= 0.3 is 0 Å². The third-order valence-corrected chi connectivity index (χ3v) is 3.75. The normalized spacial score (nSPS) is 10.1. The van der Waals surface area contributed by atoms with E-state index in [2.05, 4.69) is 10.6 Å². The number of ether oxygens (including phenoxy) is 1. The van der Waals surface area contributed by atoms with Crippen molar-refractivity contribution in [3.8, 4) is 5.75 Å². The van der Waals surface area contributed by atoms with Crippen LogP contribution in [0.4, 0.5) is 0 Å². The zero-order chi connectivity index (χ0) is 17.5. The molecule has 0 saturated carbocycles. The van der Waals surface area contributed by atoms with Gasteiger partial charge in [0, 0.05) is 23.7 Å². The van der Waals surface area contributed by atoms with E-state index in [0.717, 1.165) is 0 Å². The molecular weight excluding hydrogens is 351 g/mol. The summed E-state index contributed by atoms with van der Waals surface area (Å²) in [5.41, 5.74) is 0.821. The van der Waals surface area contributed by atoms with Crippen molar-refractivity contribution in [3.63, 3.8) is 0 Å². The lowest BCUT2D eigenvalue weighted by Crippen LogP contribution is -2.34. The van der Waals surface area contributed by atoms with E-state index in [1.165, 1.54) is 13.2 Å². The Morgan fingerprint density at radius 2 is 1.71 bits per heavy atom. The van der Waals surface area contributed by atoms with Gasteiger partial charge in [-0.3, -0.25) is 9.59 Å². The molecule has 0 bridgehead atoms. The van der Waals surface area contributed by atoms with Gasteiger partial charge in [-0.2, -0.15) is 0 Å². The minimum Gasteiger partial charge on any atom is -0.497 e. The van der Waals surface area contributed by atoms with Gasteiger partial charge in [0.05, 0.1) is 17.7 Å². The highest BCUT2D eigenvalue weighted by Crippen LogP contribution is 2.20. The van der Waals surface area contributed by atoms with E-state index in [4.69, 9.17) is 27.9 Å². The van der Waals surface area contributed by atoms with Crippen LogP contribution in [0.25, 0.3) is 0 Å². The topological polar surface area (TPSA) is 67.4 Å². The molecule has 24 heavy (non-hydrogen) atoms. The zero-order valence-corrected chi connectivity index (χ0v) is 14.4. The maximum Gasteiger partial charge on any atom is 0.252 e. The number of methoxy groups -OCH3 is 1. The number of nitrogens with one attached hydrogen (secondary N) is 2. The molecule has 0 radical (unpaired) electrons. The van der Waals surface area contributed by atoms with Crippen molar-refractivity contribution >= 4 is 35.0 Å². The monoisotopic (exact) mass is 366 g/mol. The molecule has 0 fully saturated rings. The summed E-state index contributed by atoms with van der Waals surface area (Å²) < 4.78 is 5.07. The number of halogens is 2. The molecule has 0 spiro atoms. The summed E-state index contributed by atoms with van der Waals surface area (Å²) in [4.78, 5) is 24.0. The molecule has 0 heterocycles. The molecule has 0 saturated heterocycles. The maximum atomic E-state index is 12.0. The van der Waals surface area contributed by atoms with E-state index in [9.17, 15) is 9.59 Å². The summed E-state index contributed by atoms with van der Waals surface area (Å²) >= 11 is 11.8. The molecule has 0 aromatic heterocycles. The Morgan fingerprint density at radius 1 is 1.00 bits per heavy atom. The van der Waals surface area contributed by atoms with Gasteiger partial charge in [0.15, 0.2) is 0 Å². The molecule has 2 N–H and O–H groups in total. The molecule has 5 nitrogen and oxygen atoms in total. The van der Waals surface area contributed by atoms with E-state index < -0.39 is 0 Å². The van der Waals surface area contributed by atoms with Crippen LogP contribution in [0.1, 0.15) is 20.7 Å². The number of hydrogen-bond acceptors (Lipinski definition) is 3. The molecule has 0 aliphatic rings. The highest BCUT2D eigenvalue weighted by molar-refractivity contribution is 6.36. The number of rotatable bonds is 6. The Bertz CT molecular complexity index is 750. The van der Waals surface area contributed by atoms with Crippen molar-refractivity contribution in [2.75, 3.05) is 20.2 Å². The Morgan fingerprint density at radius 3 is 2.38 bits per heavy atom. The Balaban J connectivity index is 1.81. The first-order valence-electron chi connectivity index (χ1n) is 7.17. The lowest BCUT2D eigenvalue weighted by atomic mass is 10.2. The highest BCUT2D eigenvalue weighted by atomic mass is 35.5. The van der Waals surface area contributed by atoms with E-state index in [1.54, 1.807) is 36.4 Å². The molecule has 7 heteroatoms. The minimum absolute atomic E-state index is 0.243. The molecular formula is C17H16Cl2N2O3. The lowest BCUT2D eigenvalue weighted by Gasteiger charge is -2.09. The second-order valence-corrected chi connectivity index (χ2v) is 5.71. The van der Waals surface area contributed by atoms with Gasteiger partial charge in [0.25, 0.3) is 11.8 Å². The number of carbonyl (C=O) groups excluding carboxylic acids is 2. The Labute approximate surface area is 149 Å².